The number of hydrogen-bond acceptors (Lipinski definition) is 5. The minimum atomic E-state index is 0. The lowest BCUT2D eigenvalue weighted by atomic mass is 10.1. The van der Waals surface area contributed by atoms with Gasteiger partial charge >= 0.3 is 0 Å². The average molecular weight is 496 g/mol. The lowest BCUT2D eigenvalue weighted by Gasteiger charge is -2.34. The number of aryl methyl sites for hydroxylation is 1. The molecule has 0 atom stereocenters. The number of thiazole rings is 1. The summed E-state index contributed by atoms with van der Waals surface area (Å²) in [6.07, 6.45) is 6.44. The van der Waals surface area contributed by atoms with Gasteiger partial charge < -0.3 is 19.7 Å². The van der Waals surface area contributed by atoms with Gasteiger partial charge in [-0.15, -0.1) is 35.3 Å². The van der Waals surface area contributed by atoms with Crippen LogP contribution in [0.3, 0.4) is 0 Å². The second-order valence-electron chi connectivity index (χ2n) is 6.15. The first-order chi connectivity index (χ1) is 12.3. The minimum Gasteiger partial charge on any atom is -0.385 e. The van der Waals surface area contributed by atoms with Gasteiger partial charge in [-0.25, -0.2) is 9.98 Å². The molecule has 1 aromatic rings. The molecule has 1 saturated heterocycles. The Bertz CT molecular complexity index is 519. The maximum Gasteiger partial charge on any atom is 0.194 e. The zero-order valence-corrected chi connectivity index (χ0v) is 19.3. The molecule has 6 nitrogen and oxygen atoms in total. The number of aromatic nitrogens is 1. The second-order valence-corrected chi connectivity index (χ2v) is 7.35. The number of likely N-dealkylation sites (tertiary alicyclic amines) is 1. The highest BCUT2D eigenvalue weighted by molar-refractivity contribution is 14.0. The molecular formula is C18H33IN4O2S. The van der Waals surface area contributed by atoms with Crippen LogP contribution < -0.4 is 5.32 Å². The van der Waals surface area contributed by atoms with Crippen LogP contribution in [0.4, 0.5) is 0 Å². The van der Waals surface area contributed by atoms with E-state index in [1.54, 1.807) is 18.4 Å². The standard InChI is InChI=1S/C18H32N4O2S.HI/c1-4-16-13-20-17(25-16)14-21-18(19-5-2)22-9-7-15(8-10-22)24-12-6-11-23-3;/h13,15H,4-12,14H2,1-3H3,(H,19,21);1H. The van der Waals surface area contributed by atoms with E-state index in [9.17, 15) is 0 Å². The van der Waals surface area contributed by atoms with Crippen LogP contribution in [0.5, 0.6) is 0 Å². The quantitative estimate of drug-likeness (QED) is 0.246. The molecule has 1 aromatic heterocycles. The number of rotatable bonds is 9. The zero-order chi connectivity index (χ0) is 17.9. The molecule has 0 radical (unpaired) electrons. The predicted molar refractivity (Wildman–Crippen MR) is 119 cm³/mol. The molecule has 2 rings (SSSR count). The average Bonchev–Trinajstić information content (AvgIpc) is 3.11. The van der Waals surface area contributed by atoms with Crippen LogP contribution in [0, 0.1) is 0 Å². The van der Waals surface area contributed by atoms with Gasteiger partial charge in [0.15, 0.2) is 5.96 Å². The van der Waals surface area contributed by atoms with Crippen LogP contribution in [0.2, 0.25) is 0 Å². The SMILES string of the molecule is CCNC(=NCc1ncc(CC)s1)N1CCC(OCCCOC)CC1.I. The normalized spacial score (nSPS) is 15.8. The summed E-state index contributed by atoms with van der Waals surface area (Å²) in [6, 6.07) is 0. The fraction of sp³-hybridized carbons (Fsp3) is 0.778. The van der Waals surface area contributed by atoms with Gasteiger partial charge in [-0.1, -0.05) is 6.92 Å². The Labute approximate surface area is 178 Å². The van der Waals surface area contributed by atoms with Crippen molar-refractivity contribution in [3.63, 3.8) is 0 Å². The third-order valence-corrected chi connectivity index (χ3v) is 5.36. The molecule has 0 amide bonds. The number of hydrogen-bond donors (Lipinski definition) is 1. The largest absolute Gasteiger partial charge is 0.385 e. The van der Waals surface area contributed by atoms with E-state index in [0.29, 0.717) is 12.6 Å². The van der Waals surface area contributed by atoms with E-state index in [0.717, 1.165) is 69.5 Å². The monoisotopic (exact) mass is 496 g/mol. The van der Waals surface area contributed by atoms with Crippen molar-refractivity contribution in [2.24, 2.45) is 4.99 Å². The fourth-order valence-electron chi connectivity index (χ4n) is 2.84. The first-order valence-electron chi connectivity index (χ1n) is 9.34. The number of piperidine rings is 1. The van der Waals surface area contributed by atoms with Gasteiger partial charge in [0.1, 0.15) is 5.01 Å². The maximum absolute atomic E-state index is 5.94. The molecular weight excluding hydrogens is 463 g/mol. The summed E-state index contributed by atoms with van der Waals surface area (Å²) in [5, 5.41) is 4.50. The van der Waals surface area contributed by atoms with Gasteiger partial charge in [0.05, 0.1) is 12.6 Å². The van der Waals surface area contributed by atoms with Gasteiger partial charge in [-0.2, -0.15) is 0 Å². The summed E-state index contributed by atoms with van der Waals surface area (Å²) in [5.41, 5.74) is 0. The molecule has 1 aliphatic rings. The molecule has 0 aromatic carbocycles. The lowest BCUT2D eigenvalue weighted by Crippen LogP contribution is -2.47. The van der Waals surface area contributed by atoms with E-state index in [2.05, 4.69) is 29.0 Å². The molecule has 0 unspecified atom stereocenters. The van der Waals surface area contributed by atoms with E-state index < -0.39 is 0 Å². The molecule has 0 spiro atoms. The third kappa shape index (κ3) is 8.06. The van der Waals surface area contributed by atoms with Gasteiger partial charge in [0, 0.05) is 51.0 Å². The summed E-state index contributed by atoms with van der Waals surface area (Å²) in [6.45, 7) is 9.33. The number of aliphatic imine (C=N–C) groups is 1. The first-order valence-corrected chi connectivity index (χ1v) is 10.2. The van der Waals surface area contributed by atoms with Crippen molar-refractivity contribution in [2.75, 3.05) is 40.0 Å². The van der Waals surface area contributed by atoms with Crippen molar-refractivity contribution in [3.8, 4) is 0 Å². The summed E-state index contributed by atoms with van der Waals surface area (Å²) in [4.78, 5) is 12.9. The number of ether oxygens (including phenoxy) is 2. The molecule has 8 heteroatoms. The molecule has 1 N–H and O–H groups in total. The zero-order valence-electron chi connectivity index (χ0n) is 16.2. The van der Waals surface area contributed by atoms with E-state index in [4.69, 9.17) is 14.5 Å². The third-order valence-electron chi connectivity index (χ3n) is 4.24. The van der Waals surface area contributed by atoms with E-state index >= 15 is 0 Å². The number of halogens is 1. The highest BCUT2D eigenvalue weighted by atomic mass is 127. The molecule has 2 heterocycles. The van der Waals surface area contributed by atoms with Gasteiger partial charge in [0.25, 0.3) is 0 Å². The predicted octanol–water partition coefficient (Wildman–Crippen LogP) is 3.31. The summed E-state index contributed by atoms with van der Waals surface area (Å²) >= 11 is 1.76. The van der Waals surface area contributed by atoms with Crippen molar-refractivity contribution < 1.29 is 9.47 Å². The van der Waals surface area contributed by atoms with Crippen molar-refractivity contribution in [2.45, 2.75) is 52.2 Å². The Hall–Kier alpha value is -0.450. The molecule has 1 fully saturated rings. The minimum absolute atomic E-state index is 0. The molecule has 0 aliphatic carbocycles. The summed E-state index contributed by atoms with van der Waals surface area (Å²) < 4.78 is 11.0. The van der Waals surface area contributed by atoms with Crippen LogP contribution in [-0.4, -0.2) is 61.9 Å². The number of guanidine groups is 1. The van der Waals surface area contributed by atoms with Crippen molar-refractivity contribution in [3.05, 3.63) is 16.1 Å². The highest BCUT2D eigenvalue weighted by Gasteiger charge is 2.21. The Balaban J connectivity index is 0.00000338. The Morgan fingerprint density at radius 1 is 1.35 bits per heavy atom. The Kier molecular flexibility index (Phi) is 12.4. The number of methoxy groups -OCH3 is 1. The summed E-state index contributed by atoms with van der Waals surface area (Å²) in [5.74, 6) is 0.994. The molecule has 150 valence electrons. The Morgan fingerprint density at radius 2 is 2.12 bits per heavy atom. The van der Waals surface area contributed by atoms with Crippen molar-refractivity contribution in [1.82, 2.24) is 15.2 Å². The fourth-order valence-corrected chi connectivity index (χ4v) is 3.63. The van der Waals surface area contributed by atoms with E-state index in [1.807, 2.05) is 6.20 Å². The molecule has 0 bridgehead atoms. The van der Waals surface area contributed by atoms with E-state index in [-0.39, 0.29) is 24.0 Å². The van der Waals surface area contributed by atoms with Crippen LogP contribution in [0.15, 0.2) is 11.2 Å². The van der Waals surface area contributed by atoms with Crippen LogP contribution in [0.25, 0.3) is 0 Å². The van der Waals surface area contributed by atoms with Crippen molar-refractivity contribution in [1.29, 1.82) is 0 Å². The van der Waals surface area contributed by atoms with Gasteiger partial charge in [-0.3, -0.25) is 0 Å². The molecule has 1 aliphatic heterocycles. The number of nitrogens with one attached hydrogen (secondary N) is 1. The van der Waals surface area contributed by atoms with Crippen molar-refractivity contribution >= 4 is 41.3 Å². The maximum atomic E-state index is 5.94. The number of nitrogens with zero attached hydrogens (tertiary/aromatic N) is 3. The van der Waals surface area contributed by atoms with Gasteiger partial charge in [0.2, 0.25) is 0 Å². The lowest BCUT2D eigenvalue weighted by molar-refractivity contribution is 0.00990. The van der Waals surface area contributed by atoms with Gasteiger partial charge in [-0.05, 0) is 32.6 Å². The van der Waals surface area contributed by atoms with Crippen LogP contribution >= 0.6 is 35.3 Å². The summed E-state index contributed by atoms with van der Waals surface area (Å²) in [7, 11) is 1.73. The van der Waals surface area contributed by atoms with E-state index in [1.165, 1.54) is 4.88 Å². The molecule has 26 heavy (non-hydrogen) atoms. The molecule has 0 saturated carbocycles. The smallest absolute Gasteiger partial charge is 0.194 e. The highest BCUT2D eigenvalue weighted by Crippen LogP contribution is 2.16. The van der Waals surface area contributed by atoms with Crippen LogP contribution in [-0.2, 0) is 22.4 Å². The topological polar surface area (TPSA) is 59.0 Å². The van der Waals surface area contributed by atoms with Crippen LogP contribution in [0.1, 0.15) is 43.0 Å². The Morgan fingerprint density at radius 3 is 2.73 bits per heavy atom. The first kappa shape index (κ1) is 23.6. The second kappa shape index (κ2) is 13.7.